The molecule has 0 aliphatic heterocycles. The fourth-order valence-electron chi connectivity index (χ4n) is 0.944. The summed E-state index contributed by atoms with van der Waals surface area (Å²) in [4.78, 5) is 10.5. The second-order valence-corrected chi connectivity index (χ2v) is 2.74. The van der Waals surface area contributed by atoms with Gasteiger partial charge in [0.05, 0.1) is 17.8 Å². The van der Waals surface area contributed by atoms with Crippen LogP contribution in [0.2, 0.25) is 5.15 Å². The van der Waals surface area contributed by atoms with E-state index >= 15 is 0 Å². The first kappa shape index (κ1) is 9.00. The van der Waals surface area contributed by atoms with Gasteiger partial charge in [-0.25, -0.2) is 4.68 Å². The molecule has 3 nitrogen and oxygen atoms in total. The zero-order valence-electron chi connectivity index (χ0n) is 6.75. The number of rotatable bonds is 3. The normalized spacial score (nSPS) is 9.83. The summed E-state index contributed by atoms with van der Waals surface area (Å²) in [6, 6.07) is 0. The standard InChI is InChI=1S/C8H9ClN2O/c1-3-4-11-8(9)7(5-12)6(2)10-11/h3,5H,1,4H2,2H3. The van der Waals surface area contributed by atoms with Crippen LogP contribution >= 0.6 is 11.6 Å². The Balaban J connectivity index is 3.16. The highest BCUT2D eigenvalue weighted by Crippen LogP contribution is 2.17. The number of aromatic nitrogens is 2. The van der Waals surface area contributed by atoms with Gasteiger partial charge in [-0.2, -0.15) is 5.10 Å². The number of hydrogen-bond donors (Lipinski definition) is 0. The van der Waals surface area contributed by atoms with Gasteiger partial charge in [0.15, 0.2) is 6.29 Å². The number of carbonyl (C=O) groups excluding carboxylic acids is 1. The Morgan fingerprint density at radius 2 is 2.42 bits per heavy atom. The molecule has 0 aromatic carbocycles. The summed E-state index contributed by atoms with van der Waals surface area (Å²) >= 11 is 5.83. The van der Waals surface area contributed by atoms with Crippen LogP contribution in [-0.4, -0.2) is 16.1 Å². The van der Waals surface area contributed by atoms with Crippen LogP contribution in [0.25, 0.3) is 0 Å². The minimum atomic E-state index is 0.377. The summed E-state index contributed by atoms with van der Waals surface area (Å²) < 4.78 is 1.54. The summed E-state index contributed by atoms with van der Waals surface area (Å²) in [6.07, 6.45) is 2.39. The lowest BCUT2D eigenvalue weighted by atomic mass is 10.3. The van der Waals surface area contributed by atoms with Crippen LogP contribution in [0.1, 0.15) is 16.1 Å². The Hall–Kier alpha value is -1.09. The Bertz CT molecular complexity index is 317. The highest BCUT2D eigenvalue weighted by molar-refractivity contribution is 6.32. The lowest BCUT2D eigenvalue weighted by Crippen LogP contribution is -1.97. The first-order valence-corrected chi connectivity index (χ1v) is 3.87. The van der Waals surface area contributed by atoms with E-state index in [-0.39, 0.29) is 0 Å². The van der Waals surface area contributed by atoms with Crippen molar-refractivity contribution >= 4 is 17.9 Å². The molecular formula is C8H9ClN2O. The Labute approximate surface area is 75.6 Å². The molecule has 0 unspecified atom stereocenters. The molecule has 0 fully saturated rings. The van der Waals surface area contributed by atoms with E-state index in [4.69, 9.17) is 11.6 Å². The van der Waals surface area contributed by atoms with E-state index in [0.29, 0.717) is 29.2 Å². The maximum absolute atomic E-state index is 10.5. The van der Waals surface area contributed by atoms with Crippen molar-refractivity contribution in [2.24, 2.45) is 0 Å². The van der Waals surface area contributed by atoms with E-state index in [1.54, 1.807) is 13.0 Å². The maximum Gasteiger partial charge on any atom is 0.155 e. The molecule has 0 aliphatic rings. The zero-order chi connectivity index (χ0) is 9.14. The van der Waals surface area contributed by atoms with Gasteiger partial charge in [-0.15, -0.1) is 6.58 Å². The van der Waals surface area contributed by atoms with Gasteiger partial charge in [0, 0.05) is 0 Å². The molecule has 0 amide bonds. The monoisotopic (exact) mass is 184 g/mol. The van der Waals surface area contributed by atoms with Gasteiger partial charge >= 0.3 is 0 Å². The number of nitrogens with zero attached hydrogens (tertiary/aromatic N) is 2. The third-order valence-corrected chi connectivity index (χ3v) is 1.93. The van der Waals surface area contributed by atoms with Gasteiger partial charge in [-0.05, 0) is 6.92 Å². The minimum absolute atomic E-state index is 0.377. The topological polar surface area (TPSA) is 34.9 Å². The molecule has 12 heavy (non-hydrogen) atoms. The van der Waals surface area contributed by atoms with Crippen molar-refractivity contribution in [3.05, 3.63) is 29.1 Å². The predicted molar refractivity (Wildman–Crippen MR) is 47.6 cm³/mol. The number of halogens is 1. The average molecular weight is 185 g/mol. The van der Waals surface area contributed by atoms with Crippen molar-refractivity contribution in [3.63, 3.8) is 0 Å². The molecule has 0 aliphatic carbocycles. The highest BCUT2D eigenvalue weighted by atomic mass is 35.5. The van der Waals surface area contributed by atoms with Crippen LogP contribution in [0.15, 0.2) is 12.7 Å². The number of allylic oxidation sites excluding steroid dienone is 1. The molecule has 1 rings (SSSR count). The molecule has 1 aromatic heterocycles. The van der Waals surface area contributed by atoms with Crippen molar-refractivity contribution in [1.82, 2.24) is 9.78 Å². The third-order valence-electron chi connectivity index (χ3n) is 1.53. The smallest absolute Gasteiger partial charge is 0.155 e. The number of aldehydes is 1. The van der Waals surface area contributed by atoms with Crippen LogP contribution in [0.4, 0.5) is 0 Å². The van der Waals surface area contributed by atoms with Gasteiger partial charge < -0.3 is 0 Å². The molecule has 0 saturated heterocycles. The van der Waals surface area contributed by atoms with Gasteiger partial charge in [-0.3, -0.25) is 4.79 Å². The molecule has 1 heterocycles. The lowest BCUT2D eigenvalue weighted by Gasteiger charge is -1.95. The summed E-state index contributed by atoms with van der Waals surface area (Å²) in [5, 5.41) is 4.43. The summed E-state index contributed by atoms with van der Waals surface area (Å²) in [5.74, 6) is 0. The van der Waals surface area contributed by atoms with E-state index in [0.717, 1.165) is 0 Å². The Morgan fingerprint density at radius 1 is 1.75 bits per heavy atom. The fourth-order valence-corrected chi connectivity index (χ4v) is 1.23. The fraction of sp³-hybridized carbons (Fsp3) is 0.250. The van der Waals surface area contributed by atoms with E-state index in [1.807, 2.05) is 0 Å². The van der Waals surface area contributed by atoms with E-state index in [9.17, 15) is 4.79 Å². The van der Waals surface area contributed by atoms with Crippen LogP contribution in [-0.2, 0) is 6.54 Å². The SMILES string of the molecule is C=CCn1nc(C)c(C=O)c1Cl. The quantitative estimate of drug-likeness (QED) is 0.531. The number of hydrogen-bond acceptors (Lipinski definition) is 2. The zero-order valence-corrected chi connectivity index (χ0v) is 7.51. The summed E-state index contributed by atoms with van der Waals surface area (Å²) in [6.45, 7) is 5.82. The van der Waals surface area contributed by atoms with Gasteiger partial charge in [-0.1, -0.05) is 17.7 Å². The molecular weight excluding hydrogens is 176 g/mol. The highest BCUT2D eigenvalue weighted by Gasteiger charge is 2.10. The largest absolute Gasteiger partial charge is 0.298 e. The third kappa shape index (κ3) is 1.41. The van der Waals surface area contributed by atoms with Crippen LogP contribution in [0, 0.1) is 6.92 Å². The van der Waals surface area contributed by atoms with Gasteiger partial charge in [0.2, 0.25) is 0 Å². The van der Waals surface area contributed by atoms with Crippen molar-refractivity contribution in [1.29, 1.82) is 0 Å². The van der Waals surface area contributed by atoms with Gasteiger partial charge in [0.1, 0.15) is 5.15 Å². The Morgan fingerprint density at radius 3 is 2.83 bits per heavy atom. The average Bonchev–Trinajstić information content (AvgIpc) is 2.29. The molecule has 0 atom stereocenters. The molecule has 1 aromatic rings. The van der Waals surface area contributed by atoms with E-state index < -0.39 is 0 Å². The molecule has 0 saturated carbocycles. The second kappa shape index (κ2) is 3.54. The summed E-state index contributed by atoms with van der Waals surface area (Å²) in [7, 11) is 0. The number of carbonyl (C=O) groups is 1. The summed E-state index contributed by atoms with van der Waals surface area (Å²) in [5.41, 5.74) is 1.11. The number of aryl methyl sites for hydroxylation is 1. The van der Waals surface area contributed by atoms with Crippen LogP contribution in [0.3, 0.4) is 0 Å². The van der Waals surface area contributed by atoms with Gasteiger partial charge in [0.25, 0.3) is 0 Å². The van der Waals surface area contributed by atoms with Crippen molar-refractivity contribution in [2.45, 2.75) is 13.5 Å². The molecule has 64 valence electrons. The minimum Gasteiger partial charge on any atom is -0.298 e. The predicted octanol–water partition coefficient (Wildman–Crippen LogP) is 1.84. The van der Waals surface area contributed by atoms with Crippen molar-refractivity contribution < 1.29 is 4.79 Å². The van der Waals surface area contributed by atoms with Crippen LogP contribution < -0.4 is 0 Å². The maximum atomic E-state index is 10.5. The lowest BCUT2D eigenvalue weighted by molar-refractivity contribution is 0.112. The molecule has 4 heteroatoms. The molecule has 0 N–H and O–H groups in total. The molecule has 0 bridgehead atoms. The van der Waals surface area contributed by atoms with Crippen molar-refractivity contribution in [2.75, 3.05) is 0 Å². The first-order chi connectivity index (χ1) is 5.70. The Kier molecular flexibility index (Phi) is 2.65. The van der Waals surface area contributed by atoms with E-state index in [1.165, 1.54) is 4.68 Å². The second-order valence-electron chi connectivity index (χ2n) is 2.38. The van der Waals surface area contributed by atoms with Crippen LogP contribution in [0.5, 0.6) is 0 Å². The van der Waals surface area contributed by atoms with E-state index in [2.05, 4.69) is 11.7 Å². The molecule has 0 radical (unpaired) electrons. The molecule has 0 spiro atoms. The first-order valence-electron chi connectivity index (χ1n) is 3.49. The van der Waals surface area contributed by atoms with Crippen molar-refractivity contribution in [3.8, 4) is 0 Å².